The van der Waals surface area contributed by atoms with E-state index in [2.05, 4.69) is 291 Å². The Labute approximate surface area is 452 Å². The van der Waals surface area contributed by atoms with E-state index in [-0.39, 0.29) is 12.1 Å². The lowest BCUT2D eigenvalue weighted by molar-refractivity contribution is 0.591. The van der Waals surface area contributed by atoms with Crippen LogP contribution in [0, 0.1) is 13.8 Å². The molecule has 0 radical (unpaired) electrons. The van der Waals surface area contributed by atoms with Gasteiger partial charge in [-0.3, -0.25) is 0 Å². The normalized spacial score (nSPS) is 13.9. The van der Waals surface area contributed by atoms with Crippen molar-refractivity contribution in [2.75, 3.05) is 4.90 Å². The summed E-state index contributed by atoms with van der Waals surface area (Å²) >= 11 is 0. The van der Waals surface area contributed by atoms with Crippen molar-refractivity contribution in [3.05, 3.63) is 259 Å². The summed E-state index contributed by atoms with van der Waals surface area (Å²) in [4.78, 5) is 2.69. The monoisotopic (exact) mass is 1000 g/mol. The van der Waals surface area contributed by atoms with Crippen LogP contribution in [0.4, 0.5) is 17.1 Å². The van der Waals surface area contributed by atoms with Gasteiger partial charge in [-0.15, -0.1) is 0 Å². The minimum absolute atomic E-state index is 0.0388. The molecule has 3 nitrogen and oxygen atoms in total. The summed E-state index contributed by atoms with van der Waals surface area (Å²) < 4.78 is 5.06. The highest BCUT2D eigenvalue weighted by Gasteiger charge is 2.46. The minimum Gasteiger partial charge on any atom is -0.311 e. The van der Waals surface area contributed by atoms with Crippen LogP contribution >= 0.6 is 7.92 Å². The van der Waals surface area contributed by atoms with Crippen molar-refractivity contribution in [1.82, 2.24) is 9.13 Å². The maximum Gasteiger partial charge on any atom is 0.248 e. The van der Waals surface area contributed by atoms with Crippen molar-refractivity contribution >= 4 is 108 Å². The van der Waals surface area contributed by atoms with Crippen LogP contribution in [0.3, 0.4) is 0 Å². The van der Waals surface area contributed by atoms with Crippen molar-refractivity contribution in [2.24, 2.45) is 0 Å². The Bertz CT molecular complexity index is 4430. The maximum atomic E-state index is 2.69. The van der Waals surface area contributed by atoms with E-state index in [4.69, 9.17) is 0 Å². The predicted octanol–water partition coefficient (Wildman–Crippen LogP) is 15.5. The average Bonchev–Trinajstić information content (AvgIpc) is 4.14. The molecule has 77 heavy (non-hydrogen) atoms. The van der Waals surface area contributed by atoms with Crippen molar-refractivity contribution in [2.45, 2.75) is 40.0 Å². The zero-order chi connectivity index (χ0) is 51.7. The smallest absolute Gasteiger partial charge is 0.248 e. The quantitative estimate of drug-likeness (QED) is 0.120. The van der Waals surface area contributed by atoms with Gasteiger partial charge in [-0.05, 0) is 142 Å². The van der Waals surface area contributed by atoms with Crippen LogP contribution in [0.25, 0.3) is 77.2 Å². The first kappa shape index (κ1) is 45.7. The summed E-state index contributed by atoms with van der Waals surface area (Å²) in [6.45, 7) is 11.9. The van der Waals surface area contributed by atoms with Crippen LogP contribution in [-0.4, -0.2) is 15.8 Å². The van der Waals surface area contributed by atoms with Crippen molar-refractivity contribution in [3.8, 4) is 33.6 Å². The van der Waals surface area contributed by atoms with E-state index in [1.807, 2.05) is 0 Å². The number of rotatable bonds is 6. The third kappa shape index (κ3) is 6.88. The van der Waals surface area contributed by atoms with Crippen molar-refractivity contribution in [1.29, 1.82) is 0 Å². The highest BCUT2D eigenvalue weighted by Crippen LogP contribution is 2.49. The average molecular weight is 1000 g/mol. The number of hydrogen-bond donors (Lipinski definition) is 0. The van der Waals surface area contributed by atoms with Crippen molar-refractivity contribution < 1.29 is 0 Å². The molecule has 0 aliphatic carbocycles. The van der Waals surface area contributed by atoms with E-state index >= 15 is 0 Å². The molecule has 2 aliphatic rings. The van der Waals surface area contributed by atoms with Crippen LogP contribution in [0.1, 0.15) is 37.5 Å². The molecule has 0 fully saturated rings. The minimum atomic E-state index is -1.06. The van der Waals surface area contributed by atoms with Gasteiger partial charge < -0.3 is 14.0 Å². The molecule has 0 bridgehead atoms. The number of fused-ring (bicyclic) bond motifs is 10. The number of para-hydroxylation sites is 5. The molecule has 1 unspecified atom stereocenters. The predicted molar refractivity (Wildman–Crippen MR) is 332 cm³/mol. The number of hydrogen-bond acceptors (Lipinski definition) is 1. The molecule has 1 atom stereocenters. The Hall–Kier alpha value is -8.69. The lowest BCUT2D eigenvalue weighted by atomic mass is 9.34. The fraction of sp³-hybridized carbons (Fsp3) is 0.0833. The van der Waals surface area contributed by atoms with E-state index in [1.165, 1.54) is 143 Å². The molecule has 2 aliphatic heterocycles. The highest BCUT2D eigenvalue weighted by molar-refractivity contribution is 7.81. The Morgan fingerprint density at radius 2 is 0.883 bits per heavy atom. The lowest BCUT2D eigenvalue weighted by Gasteiger charge is -2.45. The number of anilines is 3. The van der Waals surface area contributed by atoms with Gasteiger partial charge in [0.1, 0.15) is 0 Å². The Morgan fingerprint density at radius 3 is 1.48 bits per heavy atom. The van der Waals surface area contributed by atoms with Gasteiger partial charge in [0.25, 0.3) is 0 Å². The Kier molecular flexibility index (Phi) is 10.3. The van der Waals surface area contributed by atoms with Gasteiger partial charge in [0.05, 0.1) is 33.4 Å². The first-order valence-corrected chi connectivity index (χ1v) is 28.4. The molecular weight excluding hydrogens is 949 g/mol. The molecule has 0 saturated carbocycles. The molecule has 0 spiro atoms. The zero-order valence-electron chi connectivity index (χ0n) is 44.0. The molecule has 11 aromatic carbocycles. The maximum absolute atomic E-state index is 2.69. The van der Waals surface area contributed by atoms with Crippen LogP contribution < -0.4 is 37.2 Å². The summed E-state index contributed by atoms with van der Waals surface area (Å²) in [6, 6.07) is 91.4. The molecule has 13 aromatic rings. The molecule has 2 aromatic heterocycles. The fourth-order valence-electron chi connectivity index (χ4n) is 13.3. The van der Waals surface area contributed by atoms with Gasteiger partial charge in [0.15, 0.2) is 0 Å². The van der Waals surface area contributed by atoms with E-state index in [0.29, 0.717) is 0 Å². The summed E-state index contributed by atoms with van der Waals surface area (Å²) in [5, 5.41) is 9.34. The molecule has 5 heteroatoms. The molecule has 0 saturated heterocycles. The molecule has 4 heterocycles. The highest BCUT2D eigenvalue weighted by atomic mass is 31.1. The SMILES string of the molecule is Cc1c(-n2c3ccccc3c3ccccc32)ccc2c1N(c1ccccc1-c1cccc(-c3ccccc3)c1)c1cc(C(C)(C)C)cc3c1B2c1ccc(-n2c4ccccc4c4ccccc42)c(C)c1P3c1ccccc1. The largest absolute Gasteiger partial charge is 0.311 e. The summed E-state index contributed by atoms with van der Waals surface area (Å²) in [7, 11) is -1.06. The number of benzene rings is 11. The van der Waals surface area contributed by atoms with Gasteiger partial charge >= 0.3 is 0 Å². The van der Waals surface area contributed by atoms with Gasteiger partial charge in [0.2, 0.25) is 6.71 Å². The van der Waals surface area contributed by atoms with E-state index < -0.39 is 7.92 Å². The van der Waals surface area contributed by atoms with Crippen LogP contribution in [-0.2, 0) is 5.41 Å². The van der Waals surface area contributed by atoms with Crippen LogP contribution in [0.2, 0.25) is 0 Å². The molecule has 15 rings (SSSR count). The third-order valence-electron chi connectivity index (χ3n) is 16.8. The molecule has 366 valence electrons. The first-order valence-electron chi connectivity index (χ1n) is 27.1. The summed E-state index contributed by atoms with van der Waals surface area (Å²) in [5.74, 6) is 0. The van der Waals surface area contributed by atoms with E-state index in [1.54, 1.807) is 0 Å². The third-order valence-corrected chi connectivity index (χ3v) is 19.5. The second kappa shape index (κ2) is 17.4. The van der Waals surface area contributed by atoms with Gasteiger partial charge in [-0.2, -0.15) is 0 Å². The summed E-state index contributed by atoms with van der Waals surface area (Å²) in [5.41, 5.74) is 23.7. The fourth-order valence-corrected chi connectivity index (χ4v) is 16.2. The zero-order valence-corrected chi connectivity index (χ0v) is 44.9. The molecular formula is C72H55BN3P. The second-order valence-corrected chi connectivity index (χ2v) is 24.2. The Balaban J connectivity index is 1.07. The topological polar surface area (TPSA) is 13.1 Å². The summed E-state index contributed by atoms with van der Waals surface area (Å²) in [6.07, 6.45) is 0. The van der Waals surface area contributed by atoms with Gasteiger partial charge in [0, 0.05) is 44.2 Å². The lowest BCUT2D eigenvalue weighted by Crippen LogP contribution is -2.68. The molecule has 0 N–H and O–H groups in total. The standard InChI is InChI=1S/C72H55BN3P/c1-46-60(74-63-35-18-13-30-54(63)55-31-14-19-36-64(55)74)41-39-58-70(46)76(62-34-17-12-29-53(62)50-26-22-25-49(43-50)48-23-8-6-9-24-48)67-44-51(72(3,4)5)45-68-69(67)73(58)59-40-42-61(47(2)71(59)77(68)52-27-10-7-11-28-52)75-65-37-20-15-32-56(65)57-33-16-21-38-66(57)75/h6-45H,1-5H3. The Morgan fingerprint density at radius 1 is 0.390 bits per heavy atom. The second-order valence-electron chi connectivity index (χ2n) is 22.1. The van der Waals surface area contributed by atoms with E-state index in [9.17, 15) is 0 Å². The molecule has 0 amide bonds. The van der Waals surface area contributed by atoms with Gasteiger partial charge in [-0.1, -0.05) is 214 Å². The number of aromatic nitrogens is 2. The van der Waals surface area contributed by atoms with Crippen LogP contribution in [0.5, 0.6) is 0 Å². The first-order chi connectivity index (χ1) is 37.7. The van der Waals surface area contributed by atoms with Gasteiger partial charge in [-0.25, -0.2) is 0 Å². The number of nitrogens with zero attached hydrogens (tertiary/aromatic N) is 3. The van der Waals surface area contributed by atoms with E-state index in [0.717, 1.165) is 0 Å². The van der Waals surface area contributed by atoms with Crippen LogP contribution in [0.15, 0.2) is 243 Å². The van der Waals surface area contributed by atoms with Crippen molar-refractivity contribution in [3.63, 3.8) is 0 Å².